The van der Waals surface area contributed by atoms with Gasteiger partial charge in [-0.05, 0) is 25.0 Å². The number of carbonyl (C=O) groups excluding carboxylic acids is 2. The Bertz CT molecular complexity index is 743. The summed E-state index contributed by atoms with van der Waals surface area (Å²) in [5, 5.41) is 11.0. The van der Waals surface area contributed by atoms with Crippen LogP contribution in [0, 0.1) is 5.21 Å². The molecule has 6 nitrogen and oxygen atoms in total. The summed E-state index contributed by atoms with van der Waals surface area (Å²) in [6.45, 7) is 2.14. The van der Waals surface area contributed by atoms with Crippen molar-refractivity contribution < 1.29 is 19.1 Å². The van der Waals surface area contributed by atoms with Gasteiger partial charge in [-0.1, -0.05) is 18.2 Å². The standard InChI is InChI=1S/C17H16N2O4/c1-12(23-17(21)14-6-9-18(22)10-7-14)16(20)19-11-8-13-4-2-3-5-15(13)19/h2-7,9-10,12H,8,11H2,1H3/t12-/m1/s1. The van der Waals surface area contributed by atoms with Crippen molar-refractivity contribution in [2.24, 2.45) is 0 Å². The first kappa shape index (κ1) is 15.0. The van der Waals surface area contributed by atoms with E-state index in [1.807, 2.05) is 24.3 Å². The normalized spacial score (nSPS) is 14.2. The van der Waals surface area contributed by atoms with E-state index in [0.29, 0.717) is 11.3 Å². The highest BCUT2D eigenvalue weighted by Gasteiger charge is 2.29. The molecule has 0 radical (unpaired) electrons. The Morgan fingerprint density at radius 3 is 2.65 bits per heavy atom. The van der Waals surface area contributed by atoms with Crippen molar-refractivity contribution in [2.75, 3.05) is 11.4 Å². The number of hydrogen-bond acceptors (Lipinski definition) is 4. The fraction of sp³-hybridized carbons (Fsp3) is 0.235. The van der Waals surface area contributed by atoms with Gasteiger partial charge in [0.1, 0.15) is 0 Å². The van der Waals surface area contributed by atoms with Crippen molar-refractivity contribution in [3.8, 4) is 0 Å². The molecule has 118 valence electrons. The van der Waals surface area contributed by atoms with Crippen molar-refractivity contribution in [3.05, 3.63) is 65.1 Å². The third kappa shape index (κ3) is 3.01. The van der Waals surface area contributed by atoms with Crippen molar-refractivity contribution in [1.29, 1.82) is 0 Å². The van der Waals surface area contributed by atoms with Crippen molar-refractivity contribution >= 4 is 17.6 Å². The van der Waals surface area contributed by atoms with Crippen molar-refractivity contribution in [2.45, 2.75) is 19.4 Å². The minimum atomic E-state index is -0.895. The van der Waals surface area contributed by atoms with Crippen LogP contribution in [-0.2, 0) is 16.0 Å². The summed E-state index contributed by atoms with van der Waals surface area (Å²) in [5.74, 6) is -0.878. The predicted octanol–water partition coefficient (Wildman–Crippen LogP) is 1.45. The average Bonchev–Trinajstić information content (AvgIpc) is 2.98. The number of esters is 1. The second-order valence-electron chi connectivity index (χ2n) is 5.36. The zero-order valence-electron chi connectivity index (χ0n) is 12.6. The Hall–Kier alpha value is -2.89. The first-order valence-corrected chi connectivity index (χ1v) is 7.35. The lowest BCUT2D eigenvalue weighted by molar-refractivity contribution is -0.605. The monoisotopic (exact) mass is 312 g/mol. The number of nitrogens with zero attached hydrogens (tertiary/aromatic N) is 2. The van der Waals surface area contributed by atoms with Crippen LogP contribution in [0.5, 0.6) is 0 Å². The van der Waals surface area contributed by atoms with Crippen LogP contribution >= 0.6 is 0 Å². The lowest BCUT2D eigenvalue weighted by Gasteiger charge is -2.21. The average molecular weight is 312 g/mol. The summed E-state index contributed by atoms with van der Waals surface area (Å²) in [6, 6.07) is 10.4. The lowest BCUT2D eigenvalue weighted by atomic mass is 10.2. The molecule has 0 saturated heterocycles. The molecule has 0 aliphatic carbocycles. The number of pyridine rings is 1. The lowest BCUT2D eigenvalue weighted by Crippen LogP contribution is -2.39. The summed E-state index contributed by atoms with van der Waals surface area (Å²) in [6.07, 6.45) is 2.32. The first-order valence-electron chi connectivity index (χ1n) is 7.35. The predicted molar refractivity (Wildman–Crippen MR) is 82.8 cm³/mol. The van der Waals surface area contributed by atoms with Crippen LogP contribution in [0.1, 0.15) is 22.8 Å². The molecule has 2 heterocycles. The molecule has 0 bridgehead atoms. The van der Waals surface area contributed by atoms with Gasteiger partial charge in [-0.2, -0.15) is 4.73 Å². The van der Waals surface area contributed by atoms with Crippen molar-refractivity contribution in [1.82, 2.24) is 0 Å². The van der Waals surface area contributed by atoms with Gasteiger partial charge < -0.3 is 14.8 Å². The Morgan fingerprint density at radius 2 is 1.91 bits per heavy atom. The highest BCUT2D eigenvalue weighted by atomic mass is 16.5. The van der Waals surface area contributed by atoms with Gasteiger partial charge in [0.05, 0.1) is 5.56 Å². The first-order chi connectivity index (χ1) is 11.1. The van der Waals surface area contributed by atoms with E-state index < -0.39 is 12.1 Å². The molecule has 0 spiro atoms. The molecule has 0 N–H and O–H groups in total. The maximum atomic E-state index is 12.5. The van der Waals surface area contributed by atoms with Crippen LogP contribution in [0.3, 0.4) is 0 Å². The van der Waals surface area contributed by atoms with Crippen LogP contribution in [0.25, 0.3) is 0 Å². The number of carbonyl (C=O) groups is 2. The molecular formula is C17H16N2O4. The molecule has 1 amide bonds. The fourth-order valence-electron chi connectivity index (χ4n) is 2.61. The van der Waals surface area contributed by atoms with Gasteiger partial charge in [-0.15, -0.1) is 0 Å². The molecule has 1 aliphatic heterocycles. The smallest absolute Gasteiger partial charge is 0.339 e. The maximum absolute atomic E-state index is 12.5. The SMILES string of the molecule is C[C@@H](OC(=O)c1cc[n+]([O-])cc1)C(=O)N1CCc2ccccc21. The minimum absolute atomic E-state index is 0.235. The number of fused-ring (bicyclic) bond motifs is 1. The third-order valence-electron chi connectivity index (χ3n) is 3.82. The quantitative estimate of drug-likeness (QED) is 0.488. The van der Waals surface area contributed by atoms with E-state index in [1.165, 1.54) is 24.5 Å². The van der Waals surface area contributed by atoms with Crippen LogP contribution in [0.15, 0.2) is 48.8 Å². The number of hydrogen-bond donors (Lipinski definition) is 0. The summed E-state index contributed by atoms with van der Waals surface area (Å²) < 4.78 is 5.80. The molecule has 1 aromatic heterocycles. The molecular weight excluding hydrogens is 296 g/mol. The number of ether oxygens (including phenoxy) is 1. The zero-order chi connectivity index (χ0) is 16.4. The highest BCUT2D eigenvalue weighted by molar-refractivity contribution is 6.00. The van der Waals surface area contributed by atoms with E-state index in [2.05, 4.69) is 0 Å². The second-order valence-corrected chi connectivity index (χ2v) is 5.36. The van der Waals surface area contributed by atoms with Crippen LogP contribution < -0.4 is 9.63 Å². The van der Waals surface area contributed by atoms with Gasteiger partial charge in [0.2, 0.25) is 0 Å². The Balaban J connectivity index is 1.69. The highest BCUT2D eigenvalue weighted by Crippen LogP contribution is 2.28. The van der Waals surface area contributed by atoms with E-state index in [1.54, 1.807) is 11.8 Å². The van der Waals surface area contributed by atoms with E-state index in [0.717, 1.165) is 17.7 Å². The van der Waals surface area contributed by atoms with Crippen LogP contribution in [-0.4, -0.2) is 24.5 Å². The van der Waals surface area contributed by atoms with E-state index in [4.69, 9.17) is 4.74 Å². The van der Waals surface area contributed by atoms with Gasteiger partial charge in [-0.3, -0.25) is 4.79 Å². The summed E-state index contributed by atoms with van der Waals surface area (Å²) >= 11 is 0. The molecule has 1 aromatic carbocycles. The van der Waals surface area contributed by atoms with Crippen LogP contribution in [0.4, 0.5) is 5.69 Å². The summed E-state index contributed by atoms with van der Waals surface area (Å²) in [4.78, 5) is 26.2. The van der Waals surface area contributed by atoms with Crippen LogP contribution in [0.2, 0.25) is 0 Å². The fourth-order valence-corrected chi connectivity index (χ4v) is 2.61. The summed E-state index contributed by atoms with van der Waals surface area (Å²) in [7, 11) is 0. The largest absolute Gasteiger partial charge is 0.619 e. The minimum Gasteiger partial charge on any atom is -0.619 e. The number of anilines is 1. The number of benzene rings is 1. The van der Waals surface area contributed by atoms with E-state index in [-0.39, 0.29) is 11.5 Å². The third-order valence-corrected chi connectivity index (χ3v) is 3.82. The van der Waals surface area contributed by atoms with Gasteiger partial charge in [-0.25, -0.2) is 4.79 Å². The number of amides is 1. The summed E-state index contributed by atoms with van der Waals surface area (Å²) in [5.41, 5.74) is 2.22. The van der Waals surface area contributed by atoms with E-state index >= 15 is 0 Å². The number of aromatic nitrogens is 1. The Labute approximate surface area is 133 Å². The molecule has 2 aromatic rings. The second kappa shape index (κ2) is 6.08. The molecule has 1 aliphatic rings. The van der Waals surface area contributed by atoms with E-state index in [9.17, 15) is 14.8 Å². The molecule has 3 rings (SSSR count). The molecule has 0 saturated carbocycles. The van der Waals surface area contributed by atoms with Crippen molar-refractivity contribution in [3.63, 3.8) is 0 Å². The Morgan fingerprint density at radius 1 is 1.22 bits per heavy atom. The molecule has 0 fully saturated rings. The molecule has 0 unspecified atom stereocenters. The number of rotatable bonds is 3. The van der Waals surface area contributed by atoms with Gasteiger partial charge in [0.15, 0.2) is 18.5 Å². The van der Waals surface area contributed by atoms with Gasteiger partial charge in [0, 0.05) is 24.4 Å². The number of para-hydroxylation sites is 1. The van der Waals surface area contributed by atoms with Gasteiger partial charge in [0.25, 0.3) is 5.91 Å². The Kier molecular flexibility index (Phi) is 3.97. The topological polar surface area (TPSA) is 73.5 Å². The molecule has 6 heteroatoms. The molecule has 1 atom stereocenters. The molecule has 23 heavy (non-hydrogen) atoms. The van der Waals surface area contributed by atoms with Gasteiger partial charge >= 0.3 is 5.97 Å². The maximum Gasteiger partial charge on any atom is 0.339 e. The zero-order valence-corrected chi connectivity index (χ0v) is 12.6.